The number of amides is 1. The summed E-state index contributed by atoms with van der Waals surface area (Å²) in [5.74, 6) is -0.0503. The first-order valence-electron chi connectivity index (χ1n) is 6.17. The fourth-order valence-corrected chi connectivity index (χ4v) is 2.37. The molecular weight excluding hydrogens is 288 g/mol. The predicted molar refractivity (Wildman–Crippen MR) is 72.9 cm³/mol. The maximum atomic E-state index is 12.4. The molecule has 0 unspecified atom stereocenters. The van der Waals surface area contributed by atoms with Gasteiger partial charge >= 0.3 is 0 Å². The lowest BCUT2D eigenvalue weighted by atomic mass is 10.3. The molecule has 0 saturated carbocycles. The van der Waals surface area contributed by atoms with Crippen molar-refractivity contribution >= 4 is 17.2 Å². The summed E-state index contributed by atoms with van der Waals surface area (Å²) in [4.78, 5) is 18.7. The smallest absolute Gasteiger partial charge is 0.251 e. The topological polar surface area (TPSA) is 56.7 Å². The lowest BCUT2D eigenvalue weighted by molar-refractivity contribution is -0.127. The van der Waals surface area contributed by atoms with Crippen LogP contribution in [0.5, 0.6) is 0 Å². The summed E-state index contributed by atoms with van der Waals surface area (Å²) in [6, 6.07) is 0. The van der Waals surface area contributed by atoms with E-state index >= 15 is 0 Å². The second kappa shape index (κ2) is 8.23. The van der Waals surface area contributed by atoms with Crippen molar-refractivity contribution in [2.45, 2.75) is 19.4 Å². The van der Waals surface area contributed by atoms with Gasteiger partial charge in [-0.25, -0.2) is 13.8 Å². The zero-order valence-electron chi connectivity index (χ0n) is 11.6. The number of aromatic nitrogens is 1. The maximum Gasteiger partial charge on any atom is 0.251 e. The number of carbonyl (C=O) groups is 1. The summed E-state index contributed by atoms with van der Waals surface area (Å²) in [5.41, 5.74) is 0.644. The van der Waals surface area contributed by atoms with Crippen molar-refractivity contribution in [3.63, 3.8) is 0 Å². The molecular formula is C12H19F2N3O2S. The maximum absolute atomic E-state index is 12.4. The average molecular weight is 307 g/mol. The van der Waals surface area contributed by atoms with Gasteiger partial charge in [0.1, 0.15) is 5.01 Å². The van der Waals surface area contributed by atoms with Crippen molar-refractivity contribution in [2.24, 2.45) is 0 Å². The number of aliphatic hydroxyl groups is 1. The van der Waals surface area contributed by atoms with E-state index in [1.165, 1.54) is 21.1 Å². The largest absolute Gasteiger partial charge is 0.395 e. The fraction of sp³-hybridized carbons (Fsp3) is 0.667. The molecule has 0 aromatic carbocycles. The van der Waals surface area contributed by atoms with Crippen molar-refractivity contribution in [3.05, 3.63) is 16.1 Å². The van der Waals surface area contributed by atoms with Crippen LogP contribution in [-0.2, 0) is 17.8 Å². The molecule has 0 spiro atoms. The molecule has 20 heavy (non-hydrogen) atoms. The Kier molecular flexibility index (Phi) is 6.97. The molecule has 1 amide bonds. The highest BCUT2D eigenvalue weighted by molar-refractivity contribution is 7.09. The van der Waals surface area contributed by atoms with Gasteiger partial charge in [-0.1, -0.05) is 0 Å². The Morgan fingerprint density at radius 2 is 2.20 bits per heavy atom. The van der Waals surface area contributed by atoms with Gasteiger partial charge in [0, 0.05) is 32.6 Å². The van der Waals surface area contributed by atoms with Crippen molar-refractivity contribution in [1.82, 2.24) is 14.8 Å². The van der Waals surface area contributed by atoms with Gasteiger partial charge in [0.2, 0.25) is 5.91 Å². The van der Waals surface area contributed by atoms with E-state index in [4.69, 9.17) is 5.11 Å². The third kappa shape index (κ3) is 5.89. The van der Waals surface area contributed by atoms with Gasteiger partial charge < -0.3 is 10.0 Å². The molecule has 0 radical (unpaired) electrons. The number of hydrogen-bond acceptors (Lipinski definition) is 5. The minimum Gasteiger partial charge on any atom is -0.395 e. The van der Waals surface area contributed by atoms with Crippen LogP contribution in [0.15, 0.2) is 5.38 Å². The summed E-state index contributed by atoms with van der Waals surface area (Å²) < 4.78 is 24.8. The highest BCUT2D eigenvalue weighted by Crippen LogP contribution is 2.13. The summed E-state index contributed by atoms with van der Waals surface area (Å²) in [6.07, 6.45) is -2.23. The normalized spacial score (nSPS) is 11.3. The van der Waals surface area contributed by atoms with E-state index in [0.29, 0.717) is 10.7 Å². The predicted octanol–water partition coefficient (Wildman–Crippen LogP) is 0.833. The molecule has 1 aromatic rings. The van der Waals surface area contributed by atoms with Gasteiger partial charge in [-0.2, -0.15) is 0 Å². The van der Waals surface area contributed by atoms with Gasteiger partial charge in [0.25, 0.3) is 6.43 Å². The number of thiazole rings is 1. The quantitative estimate of drug-likeness (QED) is 0.773. The van der Waals surface area contributed by atoms with Crippen molar-refractivity contribution in [1.29, 1.82) is 0 Å². The first-order chi connectivity index (χ1) is 9.42. The number of hydrogen-bond donors (Lipinski definition) is 1. The van der Waals surface area contributed by atoms with Crippen LogP contribution in [0.3, 0.4) is 0 Å². The number of likely N-dealkylation sites (N-methyl/N-ethyl adjacent to an activating group) is 1. The van der Waals surface area contributed by atoms with Crippen LogP contribution in [0.1, 0.15) is 10.7 Å². The standard InChI is InChI=1S/C12H19F2N3O2S/c1-16(2)12(19)5-11-15-9(8-20-11)6-17(3-4-18)7-10(13)14/h8,10,18H,3-7H2,1-2H3. The molecule has 8 heteroatoms. The number of alkyl halides is 2. The van der Waals surface area contributed by atoms with E-state index in [-0.39, 0.29) is 32.0 Å². The third-order valence-electron chi connectivity index (χ3n) is 2.60. The average Bonchev–Trinajstić information content (AvgIpc) is 2.75. The van der Waals surface area contributed by atoms with Gasteiger partial charge in [-0.3, -0.25) is 9.69 Å². The third-order valence-corrected chi connectivity index (χ3v) is 3.50. The molecule has 1 rings (SSSR count). The van der Waals surface area contributed by atoms with Crippen LogP contribution in [0.2, 0.25) is 0 Å². The molecule has 0 aliphatic heterocycles. The first-order valence-corrected chi connectivity index (χ1v) is 7.05. The minimum atomic E-state index is -2.45. The number of carbonyl (C=O) groups excluding carboxylic acids is 1. The molecule has 0 atom stereocenters. The van der Waals surface area contributed by atoms with Crippen LogP contribution in [-0.4, -0.2) is 66.0 Å². The molecule has 0 fully saturated rings. The summed E-state index contributed by atoms with van der Waals surface area (Å²) in [6.45, 7) is -0.155. The van der Waals surface area contributed by atoms with E-state index in [1.54, 1.807) is 19.5 Å². The Morgan fingerprint density at radius 1 is 1.50 bits per heavy atom. The zero-order chi connectivity index (χ0) is 15.1. The van der Waals surface area contributed by atoms with E-state index in [0.717, 1.165) is 0 Å². The Labute approximate surface area is 120 Å². The van der Waals surface area contributed by atoms with E-state index < -0.39 is 13.0 Å². The summed E-state index contributed by atoms with van der Waals surface area (Å²) in [7, 11) is 3.34. The molecule has 0 bridgehead atoms. The van der Waals surface area contributed by atoms with Crippen molar-refractivity contribution < 1.29 is 18.7 Å². The molecule has 1 N–H and O–H groups in total. The lowest BCUT2D eigenvalue weighted by Gasteiger charge is -2.19. The Balaban J connectivity index is 2.59. The second-order valence-electron chi connectivity index (χ2n) is 4.55. The molecule has 5 nitrogen and oxygen atoms in total. The minimum absolute atomic E-state index is 0.0503. The molecule has 1 heterocycles. The molecule has 1 aromatic heterocycles. The van der Waals surface area contributed by atoms with Crippen molar-refractivity contribution in [2.75, 3.05) is 33.8 Å². The Bertz CT molecular complexity index is 427. The van der Waals surface area contributed by atoms with Crippen molar-refractivity contribution in [3.8, 4) is 0 Å². The van der Waals surface area contributed by atoms with Gasteiger partial charge in [-0.05, 0) is 0 Å². The fourth-order valence-electron chi connectivity index (χ4n) is 1.59. The van der Waals surface area contributed by atoms with E-state index in [9.17, 15) is 13.6 Å². The highest BCUT2D eigenvalue weighted by Gasteiger charge is 2.15. The first kappa shape index (κ1) is 16.9. The van der Waals surface area contributed by atoms with E-state index in [1.807, 2.05) is 0 Å². The van der Waals surface area contributed by atoms with Crippen LogP contribution >= 0.6 is 11.3 Å². The number of halogens is 2. The lowest BCUT2D eigenvalue weighted by Crippen LogP contribution is -2.31. The number of rotatable bonds is 8. The SMILES string of the molecule is CN(C)C(=O)Cc1nc(CN(CCO)CC(F)F)cs1. The summed E-state index contributed by atoms with van der Waals surface area (Å²) >= 11 is 1.34. The van der Waals surface area contributed by atoms with Crippen LogP contribution in [0.25, 0.3) is 0 Å². The second-order valence-corrected chi connectivity index (χ2v) is 5.49. The van der Waals surface area contributed by atoms with E-state index in [2.05, 4.69) is 4.98 Å². The van der Waals surface area contributed by atoms with Crippen LogP contribution in [0.4, 0.5) is 8.78 Å². The highest BCUT2D eigenvalue weighted by atomic mass is 32.1. The van der Waals surface area contributed by atoms with Crippen LogP contribution < -0.4 is 0 Å². The molecule has 114 valence electrons. The molecule has 0 aliphatic rings. The van der Waals surface area contributed by atoms with Gasteiger partial charge in [0.15, 0.2) is 0 Å². The molecule has 0 saturated heterocycles. The Morgan fingerprint density at radius 3 is 2.75 bits per heavy atom. The number of nitrogens with zero attached hydrogens (tertiary/aromatic N) is 3. The van der Waals surface area contributed by atoms with Crippen LogP contribution in [0, 0.1) is 0 Å². The molecule has 0 aliphatic carbocycles. The Hall–Kier alpha value is -1.12. The van der Waals surface area contributed by atoms with Gasteiger partial charge in [0.05, 0.1) is 25.3 Å². The number of aliphatic hydroxyl groups excluding tert-OH is 1. The summed E-state index contributed by atoms with van der Waals surface area (Å²) in [5, 5.41) is 11.3. The monoisotopic (exact) mass is 307 g/mol. The van der Waals surface area contributed by atoms with Gasteiger partial charge in [-0.15, -0.1) is 11.3 Å². The zero-order valence-corrected chi connectivity index (χ0v) is 12.4.